The van der Waals surface area contributed by atoms with Gasteiger partial charge in [-0.05, 0) is 25.7 Å². The fourth-order valence-corrected chi connectivity index (χ4v) is 1.46. The first kappa shape index (κ1) is 11.8. The maximum absolute atomic E-state index is 10.4. The molecular weight excluding hydrogens is 196 g/mol. The second-order valence-corrected chi connectivity index (χ2v) is 3.76. The summed E-state index contributed by atoms with van der Waals surface area (Å²) in [6.45, 7) is 0.679. The lowest BCUT2D eigenvalue weighted by molar-refractivity contribution is 0.107. The van der Waals surface area contributed by atoms with Crippen LogP contribution in [-0.4, -0.2) is 42.0 Å². The largest absolute Gasteiger partial charge is 0.465 e. The molecule has 0 aromatic heterocycles. The summed E-state index contributed by atoms with van der Waals surface area (Å²) in [5.41, 5.74) is 1.11. The van der Waals surface area contributed by atoms with E-state index in [0.717, 1.165) is 18.6 Å². The number of rotatable bonds is 4. The van der Waals surface area contributed by atoms with Gasteiger partial charge in [-0.25, -0.2) is 4.79 Å². The monoisotopic (exact) mass is 214 g/mol. The van der Waals surface area contributed by atoms with Gasteiger partial charge in [0.2, 0.25) is 0 Å². The van der Waals surface area contributed by atoms with E-state index in [2.05, 4.69) is 5.16 Å². The molecule has 0 saturated heterocycles. The van der Waals surface area contributed by atoms with Crippen molar-refractivity contribution in [1.82, 2.24) is 4.90 Å². The van der Waals surface area contributed by atoms with Gasteiger partial charge in [-0.3, -0.25) is 0 Å². The fraction of sp³-hybridized carbons (Fsp3) is 0.800. The van der Waals surface area contributed by atoms with Gasteiger partial charge in [0.25, 0.3) is 0 Å². The topological polar surface area (TPSA) is 62.1 Å². The quantitative estimate of drug-likeness (QED) is 0.574. The van der Waals surface area contributed by atoms with E-state index in [4.69, 9.17) is 9.94 Å². The summed E-state index contributed by atoms with van der Waals surface area (Å²) in [6.07, 6.45) is 4.77. The van der Waals surface area contributed by atoms with Crippen molar-refractivity contribution in [3.63, 3.8) is 0 Å². The van der Waals surface area contributed by atoms with Crippen molar-refractivity contribution < 1.29 is 14.7 Å². The minimum Gasteiger partial charge on any atom is -0.465 e. The lowest BCUT2D eigenvalue weighted by Gasteiger charge is -2.13. The zero-order valence-electron chi connectivity index (χ0n) is 9.11. The lowest BCUT2D eigenvalue weighted by atomic mass is 9.99. The van der Waals surface area contributed by atoms with Crippen molar-refractivity contribution >= 4 is 11.8 Å². The van der Waals surface area contributed by atoms with Gasteiger partial charge in [-0.1, -0.05) is 11.6 Å². The van der Waals surface area contributed by atoms with Crippen LogP contribution in [0, 0.1) is 0 Å². The number of oxime groups is 1. The number of nitrogens with zero attached hydrogens (tertiary/aromatic N) is 2. The highest BCUT2D eigenvalue weighted by molar-refractivity contribution is 5.84. The number of hydrogen-bond donors (Lipinski definition) is 1. The molecule has 1 fully saturated rings. The first-order valence-corrected chi connectivity index (χ1v) is 5.32. The van der Waals surface area contributed by atoms with Gasteiger partial charge in [0, 0.05) is 7.05 Å². The fourth-order valence-electron chi connectivity index (χ4n) is 1.46. The van der Waals surface area contributed by atoms with Crippen LogP contribution in [0.15, 0.2) is 5.16 Å². The Balaban J connectivity index is 2.12. The Morgan fingerprint density at radius 1 is 1.47 bits per heavy atom. The van der Waals surface area contributed by atoms with Crippen molar-refractivity contribution in [2.75, 3.05) is 20.2 Å². The Morgan fingerprint density at radius 2 is 2.13 bits per heavy atom. The van der Waals surface area contributed by atoms with E-state index in [1.54, 1.807) is 0 Å². The minimum absolute atomic E-state index is 0.326. The van der Waals surface area contributed by atoms with Crippen molar-refractivity contribution in [1.29, 1.82) is 0 Å². The molecule has 0 atom stereocenters. The molecule has 1 saturated carbocycles. The lowest BCUT2D eigenvalue weighted by Crippen LogP contribution is -2.28. The first-order valence-electron chi connectivity index (χ1n) is 5.32. The van der Waals surface area contributed by atoms with Crippen molar-refractivity contribution in [3.8, 4) is 0 Å². The van der Waals surface area contributed by atoms with E-state index in [1.165, 1.54) is 31.2 Å². The molecule has 1 rings (SSSR count). The standard InChI is InChI=1S/C10H18N2O3/c1-12(10(13)14)7-8-15-11-9-5-3-2-4-6-9/h2-8H2,1H3,(H,13,14). The molecule has 1 aliphatic carbocycles. The van der Waals surface area contributed by atoms with Gasteiger partial charge in [-0.15, -0.1) is 0 Å². The summed E-state index contributed by atoms with van der Waals surface area (Å²) in [5, 5.41) is 12.6. The van der Waals surface area contributed by atoms with Crippen LogP contribution in [0.2, 0.25) is 0 Å². The molecule has 0 radical (unpaired) electrons. The summed E-state index contributed by atoms with van der Waals surface area (Å²) in [7, 11) is 1.51. The Kier molecular flexibility index (Phi) is 4.93. The molecule has 0 spiro atoms. The molecule has 0 unspecified atom stereocenters. The third-order valence-electron chi connectivity index (χ3n) is 2.47. The number of carboxylic acid groups (broad SMARTS) is 1. The predicted octanol–water partition coefficient (Wildman–Crippen LogP) is 1.93. The van der Waals surface area contributed by atoms with Crippen molar-refractivity contribution in [2.45, 2.75) is 32.1 Å². The van der Waals surface area contributed by atoms with Crippen molar-refractivity contribution in [3.05, 3.63) is 0 Å². The van der Waals surface area contributed by atoms with E-state index in [1.807, 2.05) is 0 Å². The SMILES string of the molecule is CN(CCON=C1CCCCC1)C(=O)O. The van der Waals surface area contributed by atoms with E-state index in [9.17, 15) is 4.79 Å². The summed E-state index contributed by atoms with van der Waals surface area (Å²) < 4.78 is 0. The Morgan fingerprint density at radius 3 is 2.73 bits per heavy atom. The van der Waals surface area contributed by atoms with Gasteiger partial charge in [0.1, 0.15) is 6.61 Å². The van der Waals surface area contributed by atoms with Gasteiger partial charge < -0.3 is 14.8 Å². The average Bonchev–Trinajstić information content (AvgIpc) is 2.25. The molecule has 1 N–H and O–H groups in total. The van der Waals surface area contributed by atoms with Crippen LogP contribution in [0.3, 0.4) is 0 Å². The zero-order valence-corrected chi connectivity index (χ0v) is 9.11. The van der Waals surface area contributed by atoms with Crippen LogP contribution < -0.4 is 0 Å². The highest BCUT2D eigenvalue weighted by Crippen LogP contribution is 2.14. The molecule has 86 valence electrons. The molecule has 1 amide bonds. The predicted molar refractivity (Wildman–Crippen MR) is 57.1 cm³/mol. The molecule has 5 nitrogen and oxygen atoms in total. The molecule has 1 aliphatic rings. The number of amides is 1. The van der Waals surface area contributed by atoms with Gasteiger partial charge in [0.05, 0.1) is 12.3 Å². The molecule has 0 bridgehead atoms. The normalized spacial score (nSPS) is 15.9. The summed E-state index contributed by atoms with van der Waals surface area (Å²) in [4.78, 5) is 16.7. The molecule has 0 heterocycles. The second kappa shape index (κ2) is 6.27. The van der Waals surface area contributed by atoms with E-state index >= 15 is 0 Å². The van der Waals surface area contributed by atoms with Crippen LogP contribution in [0.25, 0.3) is 0 Å². The van der Waals surface area contributed by atoms with Gasteiger partial charge in [-0.2, -0.15) is 0 Å². The third kappa shape index (κ3) is 4.67. The van der Waals surface area contributed by atoms with Gasteiger partial charge in [0.15, 0.2) is 0 Å². The van der Waals surface area contributed by atoms with Crippen LogP contribution in [-0.2, 0) is 4.84 Å². The molecular formula is C10H18N2O3. The maximum Gasteiger partial charge on any atom is 0.407 e. The number of likely N-dealkylation sites (N-methyl/N-ethyl adjacent to an activating group) is 1. The Labute approximate surface area is 89.7 Å². The summed E-state index contributed by atoms with van der Waals surface area (Å²) >= 11 is 0. The second-order valence-electron chi connectivity index (χ2n) is 3.76. The Hall–Kier alpha value is -1.26. The average molecular weight is 214 g/mol. The highest BCUT2D eigenvalue weighted by atomic mass is 16.6. The van der Waals surface area contributed by atoms with Crippen LogP contribution in [0.5, 0.6) is 0 Å². The highest BCUT2D eigenvalue weighted by Gasteiger charge is 2.07. The van der Waals surface area contributed by atoms with E-state index in [0.29, 0.717) is 13.2 Å². The van der Waals surface area contributed by atoms with Crippen LogP contribution in [0.1, 0.15) is 32.1 Å². The zero-order chi connectivity index (χ0) is 11.1. The Bertz CT molecular complexity index is 233. The van der Waals surface area contributed by atoms with Crippen LogP contribution >= 0.6 is 0 Å². The first-order chi connectivity index (χ1) is 7.20. The number of carbonyl (C=O) groups is 1. The van der Waals surface area contributed by atoms with Crippen LogP contribution in [0.4, 0.5) is 4.79 Å². The smallest absolute Gasteiger partial charge is 0.407 e. The molecule has 0 aromatic carbocycles. The third-order valence-corrected chi connectivity index (χ3v) is 2.47. The minimum atomic E-state index is -0.941. The molecule has 15 heavy (non-hydrogen) atoms. The van der Waals surface area contributed by atoms with Gasteiger partial charge >= 0.3 is 6.09 Å². The summed E-state index contributed by atoms with van der Waals surface area (Å²) in [6, 6.07) is 0. The number of hydrogen-bond acceptors (Lipinski definition) is 3. The maximum atomic E-state index is 10.4. The van der Waals surface area contributed by atoms with E-state index < -0.39 is 6.09 Å². The molecule has 5 heteroatoms. The van der Waals surface area contributed by atoms with Crippen molar-refractivity contribution in [2.24, 2.45) is 5.16 Å². The molecule has 0 aromatic rings. The summed E-state index contributed by atoms with van der Waals surface area (Å²) in [5.74, 6) is 0. The van der Waals surface area contributed by atoms with E-state index in [-0.39, 0.29) is 0 Å². The molecule has 0 aliphatic heterocycles.